The molecule has 114 valence electrons. The fourth-order valence-corrected chi connectivity index (χ4v) is 2.87. The van der Waals surface area contributed by atoms with Crippen molar-refractivity contribution in [1.29, 1.82) is 0 Å². The van der Waals surface area contributed by atoms with Crippen molar-refractivity contribution in [3.05, 3.63) is 29.3 Å². The Morgan fingerprint density at radius 2 is 1.90 bits per heavy atom. The molecule has 0 heterocycles. The molecule has 1 fully saturated rings. The number of carbonyl (C=O) groups is 2. The van der Waals surface area contributed by atoms with Crippen molar-refractivity contribution in [3.8, 4) is 5.75 Å². The second-order valence-corrected chi connectivity index (χ2v) is 5.85. The summed E-state index contributed by atoms with van der Waals surface area (Å²) < 4.78 is 0. The number of benzene rings is 1. The van der Waals surface area contributed by atoms with E-state index < -0.39 is 17.3 Å². The predicted molar refractivity (Wildman–Crippen MR) is 78.3 cm³/mol. The first-order chi connectivity index (χ1) is 9.94. The van der Waals surface area contributed by atoms with Gasteiger partial charge < -0.3 is 15.5 Å². The van der Waals surface area contributed by atoms with Crippen molar-refractivity contribution in [2.45, 2.75) is 39.0 Å². The van der Waals surface area contributed by atoms with Gasteiger partial charge >= 0.3 is 5.97 Å². The van der Waals surface area contributed by atoms with E-state index >= 15 is 0 Å². The molecule has 1 aliphatic carbocycles. The second-order valence-electron chi connectivity index (χ2n) is 5.85. The Morgan fingerprint density at radius 1 is 1.24 bits per heavy atom. The molecular weight excluding hydrogens is 270 g/mol. The summed E-state index contributed by atoms with van der Waals surface area (Å²) in [7, 11) is 0. The van der Waals surface area contributed by atoms with Gasteiger partial charge in [0.2, 0.25) is 0 Å². The van der Waals surface area contributed by atoms with Gasteiger partial charge in [0, 0.05) is 6.54 Å². The lowest BCUT2D eigenvalue weighted by Crippen LogP contribution is -2.44. The topological polar surface area (TPSA) is 86.6 Å². The summed E-state index contributed by atoms with van der Waals surface area (Å²) in [6.45, 7) is 1.93. The summed E-state index contributed by atoms with van der Waals surface area (Å²) in [5, 5.41) is 21.9. The van der Waals surface area contributed by atoms with Crippen molar-refractivity contribution in [1.82, 2.24) is 5.32 Å². The smallest absolute Gasteiger partial charge is 0.311 e. The molecule has 0 radical (unpaired) electrons. The van der Waals surface area contributed by atoms with Gasteiger partial charge in [-0.3, -0.25) is 9.59 Å². The number of hydrogen-bond acceptors (Lipinski definition) is 3. The molecule has 1 saturated carbocycles. The van der Waals surface area contributed by atoms with Crippen LogP contribution in [0.25, 0.3) is 0 Å². The van der Waals surface area contributed by atoms with Gasteiger partial charge in [-0.2, -0.15) is 0 Å². The van der Waals surface area contributed by atoms with Crippen molar-refractivity contribution >= 4 is 11.9 Å². The molecule has 5 nitrogen and oxygen atoms in total. The van der Waals surface area contributed by atoms with Crippen LogP contribution in [0.4, 0.5) is 0 Å². The highest BCUT2D eigenvalue weighted by Gasteiger charge is 2.39. The number of carboxylic acid groups (broad SMARTS) is 1. The van der Waals surface area contributed by atoms with Gasteiger partial charge in [-0.1, -0.05) is 25.3 Å². The van der Waals surface area contributed by atoms with Crippen LogP contribution in [0, 0.1) is 12.3 Å². The van der Waals surface area contributed by atoms with Crippen LogP contribution in [-0.4, -0.2) is 28.6 Å². The summed E-state index contributed by atoms with van der Waals surface area (Å²) in [6.07, 6.45) is 3.96. The average molecular weight is 291 g/mol. The third kappa shape index (κ3) is 3.35. The number of rotatable bonds is 4. The van der Waals surface area contributed by atoms with Crippen LogP contribution in [0.2, 0.25) is 0 Å². The Morgan fingerprint density at radius 3 is 2.48 bits per heavy atom. The molecule has 0 bridgehead atoms. The zero-order valence-electron chi connectivity index (χ0n) is 12.2. The molecule has 0 aromatic heterocycles. The largest absolute Gasteiger partial charge is 0.507 e. The third-order valence-corrected chi connectivity index (χ3v) is 4.25. The lowest BCUT2D eigenvalue weighted by Gasteiger charge is -2.33. The minimum absolute atomic E-state index is 0.0829. The minimum Gasteiger partial charge on any atom is -0.507 e. The molecule has 0 spiro atoms. The van der Waals surface area contributed by atoms with Crippen molar-refractivity contribution in [3.63, 3.8) is 0 Å². The predicted octanol–water partition coefficient (Wildman–Crippen LogP) is 2.47. The van der Waals surface area contributed by atoms with E-state index in [9.17, 15) is 19.8 Å². The summed E-state index contributed by atoms with van der Waals surface area (Å²) >= 11 is 0. The lowest BCUT2D eigenvalue weighted by atomic mass is 9.74. The summed E-state index contributed by atoms with van der Waals surface area (Å²) in [4.78, 5) is 23.7. The number of phenolic OH excluding ortho intramolecular Hbond substituents is 1. The quantitative estimate of drug-likeness (QED) is 0.795. The van der Waals surface area contributed by atoms with Crippen LogP contribution in [0.5, 0.6) is 5.75 Å². The fraction of sp³-hybridized carbons (Fsp3) is 0.500. The summed E-state index contributed by atoms with van der Waals surface area (Å²) in [6, 6.07) is 4.80. The normalized spacial score (nSPS) is 17.2. The van der Waals surface area contributed by atoms with Crippen LogP contribution in [0.15, 0.2) is 18.2 Å². The van der Waals surface area contributed by atoms with Crippen LogP contribution in [-0.2, 0) is 4.79 Å². The number of aryl methyl sites for hydroxylation is 1. The third-order valence-electron chi connectivity index (χ3n) is 4.25. The van der Waals surface area contributed by atoms with Crippen LogP contribution >= 0.6 is 0 Å². The van der Waals surface area contributed by atoms with Gasteiger partial charge in [-0.25, -0.2) is 0 Å². The molecule has 0 unspecified atom stereocenters. The first-order valence-corrected chi connectivity index (χ1v) is 7.26. The Hall–Kier alpha value is -2.04. The zero-order valence-corrected chi connectivity index (χ0v) is 12.2. The summed E-state index contributed by atoms with van der Waals surface area (Å²) in [5.41, 5.74) is 0.170. The van der Waals surface area contributed by atoms with Gasteiger partial charge in [0.05, 0.1) is 11.0 Å². The van der Waals surface area contributed by atoms with E-state index in [1.165, 1.54) is 6.07 Å². The maximum Gasteiger partial charge on any atom is 0.311 e. The van der Waals surface area contributed by atoms with Crippen LogP contribution in [0.1, 0.15) is 48.0 Å². The zero-order chi connectivity index (χ0) is 15.5. The first-order valence-electron chi connectivity index (χ1n) is 7.26. The van der Waals surface area contributed by atoms with Gasteiger partial charge in [0.25, 0.3) is 5.91 Å². The van der Waals surface area contributed by atoms with Crippen LogP contribution in [0.3, 0.4) is 0 Å². The lowest BCUT2D eigenvalue weighted by molar-refractivity contribution is -0.150. The molecule has 1 aromatic carbocycles. The number of aliphatic carboxylic acids is 1. The molecule has 3 N–H and O–H groups in total. The maximum absolute atomic E-state index is 12.1. The van der Waals surface area contributed by atoms with Gasteiger partial charge in [0.1, 0.15) is 5.75 Å². The Kier molecular flexibility index (Phi) is 4.50. The standard InChI is InChI=1S/C16H21NO4/c1-11-5-6-12(13(18)9-11)14(19)17-10-16(15(20)21)7-3-2-4-8-16/h5-6,9,18H,2-4,7-8,10H2,1H3,(H,17,19)(H,20,21). The molecule has 5 heteroatoms. The van der Waals surface area contributed by atoms with Gasteiger partial charge in [-0.05, 0) is 37.5 Å². The highest BCUT2D eigenvalue weighted by atomic mass is 16.4. The highest BCUT2D eigenvalue weighted by molar-refractivity contribution is 5.97. The molecule has 21 heavy (non-hydrogen) atoms. The van der Waals surface area contributed by atoms with Crippen molar-refractivity contribution < 1.29 is 19.8 Å². The number of carboxylic acids is 1. The molecule has 1 aliphatic rings. The number of hydrogen-bond donors (Lipinski definition) is 3. The number of nitrogens with one attached hydrogen (secondary N) is 1. The van der Waals surface area contributed by atoms with E-state index in [1.807, 2.05) is 6.92 Å². The average Bonchev–Trinajstić information content (AvgIpc) is 2.45. The molecular formula is C16H21NO4. The number of amides is 1. The monoisotopic (exact) mass is 291 g/mol. The molecule has 0 saturated heterocycles. The Bertz CT molecular complexity index is 547. The molecule has 2 rings (SSSR count). The van der Waals surface area contributed by atoms with Crippen molar-refractivity contribution in [2.75, 3.05) is 6.54 Å². The van der Waals surface area contributed by atoms with E-state index in [2.05, 4.69) is 5.32 Å². The molecule has 0 aliphatic heterocycles. The van der Waals surface area contributed by atoms with E-state index in [4.69, 9.17) is 0 Å². The number of aromatic hydroxyl groups is 1. The minimum atomic E-state index is -0.867. The van der Waals surface area contributed by atoms with Crippen molar-refractivity contribution in [2.24, 2.45) is 5.41 Å². The fourth-order valence-electron chi connectivity index (χ4n) is 2.87. The van der Waals surface area contributed by atoms with E-state index in [-0.39, 0.29) is 17.9 Å². The molecule has 1 aromatic rings. The Balaban J connectivity index is 2.07. The Labute approximate surface area is 124 Å². The number of carbonyl (C=O) groups excluding carboxylic acids is 1. The SMILES string of the molecule is Cc1ccc(C(=O)NCC2(C(=O)O)CCCCC2)c(O)c1. The highest BCUT2D eigenvalue weighted by Crippen LogP contribution is 2.36. The van der Waals surface area contributed by atoms with Gasteiger partial charge in [-0.15, -0.1) is 0 Å². The van der Waals surface area contributed by atoms with E-state index in [0.29, 0.717) is 12.8 Å². The molecule has 0 atom stereocenters. The van der Waals surface area contributed by atoms with E-state index in [0.717, 1.165) is 24.8 Å². The molecule has 1 amide bonds. The second kappa shape index (κ2) is 6.16. The van der Waals surface area contributed by atoms with Gasteiger partial charge in [0.15, 0.2) is 0 Å². The van der Waals surface area contributed by atoms with E-state index in [1.54, 1.807) is 12.1 Å². The number of phenols is 1. The maximum atomic E-state index is 12.1. The van der Waals surface area contributed by atoms with Crippen LogP contribution < -0.4 is 5.32 Å². The first kappa shape index (κ1) is 15.4. The summed E-state index contributed by atoms with van der Waals surface area (Å²) in [5.74, 6) is -1.37.